The summed E-state index contributed by atoms with van der Waals surface area (Å²) < 4.78 is 0. The molecule has 1 aliphatic rings. The second kappa shape index (κ2) is 2.67. The molecule has 0 unspecified atom stereocenters. The highest BCUT2D eigenvalue weighted by Crippen LogP contribution is 2.04. The van der Waals surface area contributed by atoms with Crippen molar-refractivity contribution >= 4 is 0 Å². The van der Waals surface area contributed by atoms with Crippen LogP contribution in [-0.2, 0) is 0 Å². The van der Waals surface area contributed by atoms with E-state index < -0.39 is 0 Å². The van der Waals surface area contributed by atoms with Crippen molar-refractivity contribution in [2.45, 2.75) is 25.9 Å². The van der Waals surface area contributed by atoms with Crippen LogP contribution in [0.1, 0.15) is 13.8 Å². The molecule has 1 rings (SSSR count). The first-order chi connectivity index (χ1) is 4.22. The largest absolute Gasteiger partial charge is 0.311 e. The van der Waals surface area contributed by atoms with Crippen molar-refractivity contribution in [1.29, 1.82) is 0 Å². The van der Waals surface area contributed by atoms with Crippen LogP contribution in [0.2, 0.25) is 0 Å². The summed E-state index contributed by atoms with van der Waals surface area (Å²) in [6, 6.07) is 1.35. The van der Waals surface area contributed by atoms with Crippen LogP contribution in [0.5, 0.6) is 0 Å². The molecule has 1 saturated heterocycles. The van der Waals surface area contributed by atoms with E-state index in [0.29, 0.717) is 12.1 Å². The Morgan fingerprint density at radius 2 is 2.11 bits per heavy atom. The number of nitrogens with one attached hydrogen (secondary N) is 1. The zero-order chi connectivity index (χ0) is 6.85. The van der Waals surface area contributed by atoms with Crippen molar-refractivity contribution < 1.29 is 0 Å². The maximum absolute atomic E-state index is 3.42. The molecule has 0 aromatic rings. The second-order valence-electron chi connectivity index (χ2n) is 2.96. The second-order valence-corrected chi connectivity index (χ2v) is 2.96. The van der Waals surface area contributed by atoms with Gasteiger partial charge in [0.25, 0.3) is 0 Å². The Morgan fingerprint density at radius 1 is 1.44 bits per heavy atom. The number of hydrogen-bond acceptors (Lipinski definition) is 2. The van der Waals surface area contributed by atoms with Crippen LogP contribution in [0.15, 0.2) is 0 Å². The molecule has 0 spiro atoms. The van der Waals surface area contributed by atoms with E-state index in [-0.39, 0.29) is 0 Å². The van der Waals surface area contributed by atoms with Gasteiger partial charge in [-0.15, -0.1) is 0 Å². The van der Waals surface area contributed by atoms with Gasteiger partial charge in [0.1, 0.15) is 0 Å². The summed E-state index contributed by atoms with van der Waals surface area (Å²) >= 11 is 0. The van der Waals surface area contributed by atoms with Gasteiger partial charge in [0.2, 0.25) is 0 Å². The van der Waals surface area contributed by atoms with Gasteiger partial charge in [-0.1, -0.05) is 0 Å². The van der Waals surface area contributed by atoms with Crippen LogP contribution in [0.3, 0.4) is 0 Å². The molecule has 2 nitrogen and oxygen atoms in total. The zero-order valence-electron chi connectivity index (χ0n) is 6.52. The number of piperazine rings is 1. The fourth-order valence-corrected chi connectivity index (χ4v) is 1.22. The predicted octanol–water partition coefficient (Wildman–Crippen LogP) is 0.298. The Bertz CT molecular complexity index is 82.9. The Morgan fingerprint density at radius 3 is 2.56 bits per heavy atom. The standard InChI is InChI=1S/C7H16N2/c1-6-7(2)9(3)5-4-8-6/h6-8H,4-5H2,1-3H3/t6-,7+/m1/s1. The Balaban J connectivity index is 2.41. The lowest BCUT2D eigenvalue weighted by Gasteiger charge is -2.35. The summed E-state index contributed by atoms with van der Waals surface area (Å²) in [4.78, 5) is 2.39. The maximum atomic E-state index is 3.42. The highest BCUT2D eigenvalue weighted by molar-refractivity contribution is 4.80. The van der Waals surface area contributed by atoms with Crippen LogP contribution in [0, 0.1) is 0 Å². The molecule has 2 heteroatoms. The van der Waals surface area contributed by atoms with Crippen LogP contribution in [-0.4, -0.2) is 37.1 Å². The SMILES string of the molecule is C[C@H]1NCCN(C)[C@H]1C. The molecule has 9 heavy (non-hydrogen) atoms. The molecule has 1 aliphatic heterocycles. The molecule has 2 atom stereocenters. The molecule has 1 heterocycles. The van der Waals surface area contributed by atoms with E-state index in [0.717, 1.165) is 6.54 Å². The summed E-state index contributed by atoms with van der Waals surface area (Å²) in [7, 11) is 2.18. The van der Waals surface area contributed by atoms with Gasteiger partial charge in [0.15, 0.2) is 0 Å². The highest BCUT2D eigenvalue weighted by atomic mass is 15.2. The average Bonchev–Trinajstić information content (AvgIpc) is 1.83. The Labute approximate surface area is 57.2 Å². The van der Waals surface area contributed by atoms with E-state index in [1.165, 1.54) is 6.54 Å². The minimum Gasteiger partial charge on any atom is -0.311 e. The molecule has 0 aromatic carbocycles. The number of likely N-dealkylation sites (N-methyl/N-ethyl adjacent to an activating group) is 1. The van der Waals surface area contributed by atoms with Gasteiger partial charge >= 0.3 is 0 Å². The average molecular weight is 128 g/mol. The summed E-state index contributed by atoms with van der Waals surface area (Å²) in [6.07, 6.45) is 0. The number of hydrogen-bond donors (Lipinski definition) is 1. The fourth-order valence-electron chi connectivity index (χ4n) is 1.22. The Hall–Kier alpha value is -0.0800. The first-order valence-corrected chi connectivity index (χ1v) is 3.65. The van der Waals surface area contributed by atoms with Gasteiger partial charge in [-0.2, -0.15) is 0 Å². The molecule has 0 saturated carbocycles. The van der Waals surface area contributed by atoms with Crippen molar-refractivity contribution in [3.63, 3.8) is 0 Å². The lowest BCUT2D eigenvalue weighted by molar-refractivity contribution is 0.172. The Kier molecular flexibility index (Phi) is 2.09. The first-order valence-electron chi connectivity index (χ1n) is 3.65. The summed E-state index contributed by atoms with van der Waals surface area (Å²) in [5.74, 6) is 0. The third kappa shape index (κ3) is 1.43. The molecule has 1 N–H and O–H groups in total. The molecular weight excluding hydrogens is 112 g/mol. The van der Waals surface area contributed by atoms with Gasteiger partial charge in [-0.3, -0.25) is 0 Å². The molecule has 0 bridgehead atoms. The van der Waals surface area contributed by atoms with Crippen molar-refractivity contribution in [3.8, 4) is 0 Å². The van der Waals surface area contributed by atoms with Crippen molar-refractivity contribution in [2.75, 3.05) is 20.1 Å². The first kappa shape index (κ1) is 7.03. The summed E-state index contributed by atoms with van der Waals surface area (Å²) in [6.45, 7) is 6.82. The van der Waals surface area contributed by atoms with E-state index in [9.17, 15) is 0 Å². The van der Waals surface area contributed by atoms with Crippen LogP contribution < -0.4 is 5.32 Å². The fraction of sp³-hybridized carbons (Fsp3) is 1.00. The van der Waals surface area contributed by atoms with E-state index in [1.54, 1.807) is 0 Å². The van der Waals surface area contributed by atoms with Gasteiger partial charge < -0.3 is 10.2 Å². The molecule has 0 aliphatic carbocycles. The van der Waals surface area contributed by atoms with Gasteiger partial charge in [-0.25, -0.2) is 0 Å². The van der Waals surface area contributed by atoms with Gasteiger partial charge in [0, 0.05) is 25.2 Å². The summed E-state index contributed by atoms with van der Waals surface area (Å²) in [5.41, 5.74) is 0. The maximum Gasteiger partial charge on any atom is 0.0215 e. The monoisotopic (exact) mass is 128 g/mol. The van der Waals surface area contributed by atoms with Crippen molar-refractivity contribution in [3.05, 3.63) is 0 Å². The number of rotatable bonds is 0. The molecule has 0 radical (unpaired) electrons. The predicted molar refractivity (Wildman–Crippen MR) is 39.6 cm³/mol. The van der Waals surface area contributed by atoms with Gasteiger partial charge in [0.05, 0.1) is 0 Å². The molecular formula is C7H16N2. The molecule has 1 fully saturated rings. The van der Waals surface area contributed by atoms with Crippen LogP contribution >= 0.6 is 0 Å². The molecule has 0 aromatic heterocycles. The minimum atomic E-state index is 0.656. The quantitative estimate of drug-likeness (QED) is 0.504. The minimum absolute atomic E-state index is 0.656. The van der Waals surface area contributed by atoms with E-state index >= 15 is 0 Å². The van der Waals surface area contributed by atoms with E-state index in [1.807, 2.05) is 0 Å². The van der Waals surface area contributed by atoms with Crippen LogP contribution in [0.25, 0.3) is 0 Å². The van der Waals surface area contributed by atoms with E-state index in [2.05, 4.69) is 31.1 Å². The van der Waals surface area contributed by atoms with Gasteiger partial charge in [-0.05, 0) is 20.9 Å². The van der Waals surface area contributed by atoms with Crippen molar-refractivity contribution in [1.82, 2.24) is 10.2 Å². The highest BCUT2D eigenvalue weighted by Gasteiger charge is 2.19. The summed E-state index contributed by atoms with van der Waals surface area (Å²) in [5, 5.41) is 3.42. The lowest BCUT2D eigenvalue weighted by atomic mass is 10.1. The molecule has 0 amide bonds. The third-order valence-electron chi connectivity index (χ3n) is 2.35. The lowest BCUT2D eigenvalue weighted by Crippen LogP contribution is -2.53. The molecule has 54 valence electrons. The van der Waals surface area contributed by atoms with E-state index in [4.69, 9.17) is 0 Å². The van der Waals surface area contributed by atoms with Crippen molar-refractivity contribution in [2.24, 2.45) is 0 Å². The normalized spacial score (nSPS) is 39.0. The zero-order valence-corrected chi connectivity index (χ0v) is 6.52. The third-order valence-corrected chi connectivity index (χ3v) is 2.35. The topological polar surface area (TPSA) is 15.3 Å². The number of nitrogens with zero attached hydrogens (tertiary/aromatic N) is 1. The smallest absolute Gasteiger partial charge is 0.0215 e. The van der Waals surface area contributed by atoms with Crippen LogP contribution in [0.4, 0.5) is 0 Å².